The van der Waals surface area contributed by atoms with Gasteiger partial charge in [0.25, 0.3) is 5.56 Å². The zero-order valence-electron chi connectivity index (χ0n) is 12.2. The van der Waals surface area contributed by atoms with E-state index in [1.807, 2.05) is 12.1 Å². The van der Waals surface area contributed by atoms with Crippen LogP contribution in [0.25, 0.3) is 11.5 Å². The quantitative estimate of drug-likeness (QED) is 0.765. The highest BCUT2D eigenvalue weighted by Gasteiger charge is 2.08. The summed E-state index contributed by atoms with van der Waals surface area (Å²) in [5.41, 5.74) is 0.865. The summed E-state index contributed by atoms with van der Waals surface area (Å²) in [6.07, 6.45) is 4.50. The number of aromatic nitrogens is 3. The third-order valence-corrected chi connectivity index (χ3v) is 3.16. The Balaban J connectivity index is 1.63. The molecule has 3 heterocycles. The Morgan fingerprint density at radius 3 is 2.83 bits per heavy atom. The Bertz CT molecular complexity index is 841. The number of hydrogen-bond donors (Lipinski definition) is 1. The number of pyridine rings is 1. The maximum atomic E-state index is 12.0. The molecule has 0 saturated carbocycles. The molecule has 3 aromatic rings. The van der Waals surface area contributed by atoms with Crippen molar-refractivity contribution in [2.75, 3.05) is 0 Å². The zero-order chi connectivity index (χ0) is 16.1. The molecular weight excluding hydrogens is 296 g/mol. The van der Waals surface area contributed by atoms with Crippen molar-refractivity contribution in [1.82, 2.24) is 19.9 Å². The van der Waals surface area contributed by atoms with Crippen molar-refractivity contribution in [3.63, 3.8) is 0 Å². The van der Waals surface area contributed by atoms with Crippen LogP contribution >= 0.6 is 0 Å². The third kappa shape index (κ3) is 3.70. The van der Waals surface area contributed by atoms with Gasteiger partial charge in [0.1, 0.15) is 12.2 Å². The second kappa shape index (κ2) is 6.69. The van der Waals surface area contributed by atoms with Crippen LogP contribution in [0.3, 0.4) is 0 Å². The smallest absolute Gasteiger partial charge is 0.254 e. The fourth-order valence-corrected chi connectivity index (χ4v) is 2.01. The average molecular weight is 310 g/mol. The molecule has 1 amide bonds. The van der Waals surface area contributed by atoms with E-state index in [0.717, 1.165) is 5.69 Å². The monoisotopic (exact) mass is 310 g/mol. The van der Waals surface area contributed by atoms with Crippen LogP contribution in [0.15, 0.2) is 64.4 Å². The van der Waals surface area contributed by atoms with E-state index in [0.29, 0.717) is 18.0 Å². The minimum absolute atomic E-state index is 0.100. The number of rotatable bonds is 5. The molecule has 0 saturated heterocycles. The zero-order valence-corrected chi connectivity index (χ0v) is 12.2. The lowest BCUT2D eigenvalue weighted by atomic mass is 10.3. The highest BCUT2D eigenvalue weighted by atomic mass is 16.3. The maximum absolute atomic E-state index is 12.0. The van der Waals surface area contributed by atoms with Crippen LogP contribution in [0.1, 0.15) is 5.69 Å². The summed E-state index contributed by atoms with van der Waals surface area (Å²) in [7, 11) is 0. The standard InChI is InChI=1S/C16H14N4O3/c21-15(18-9-12-4-1-2-6-17-12)10-20-11-19-13(8-16(20)22)14-5-3-7-23-14/h1-8,11H,9-10H2,(H,18,21). The summed E-state index contributed by atoms with van der Waals surface area (Å²) < 4.78 is 6.42. The van der Waals surface area contributed by atoms with Gasteiger partial charge >= 0.3 is 0 Å². The SMILES string of the molecule is O=C(Cn1cnc(-c2ccco2)cc1=O)NCc1ccccn1. The van der Waals surface area contributed by atoms with Gasteiger partial charge in [-0.25, -0.2) is 4.98 Å². The van der Waals surface area contributed by atoms with Crippen molar-refractivity contribution < 1.29 is 9.21 Å². The lowest BCUT2D eigenvalue weighted by molar-refractivity contribution is -0.121. The molecule has 7 heteroatoms. The summed E-state index contributed by atoms with van der Waals surface area (Å²) in [6.45, 7) is 0.212. The van der Waals surface area contributed by atoms with Crippen molar-refractivity contribution >= 4 is 5.91 Å². The summed E-state index contributed by atoms with van der Waals surface area (Å²) >= 11 is 0. The molecule has 0 radical (unpaired) electrons. The lowest BCUT2D eigenvalue weighted by Crippen LogP contribution is -2.32. The Labute approximate surface area is 131 Å². The van der Waals surface area contributed by atoms with Crippen LogP contribution in [0, 0.1) is 0 Å². The van der Waals surface area contributed by atoms with E-state index < -0.39 is 0 Å². The van der Waals surface area contributed by atoms with E-state index in [1.54, 1.807) is 24.4 Å². The molecule has 1 N–H and O–H groups in total. The van der Waals surface area contributed by atoms with Crippen LogP contribution in [0.2, 0.25) is 0 Å². The minimum Gasteiger partial charge on any atom is -0.463 e. The van der Waals surface area contributed by atoms with Crippen molar-refractivity contribution in [1.29, 1.82) is 0 Å². The third-order valence-electron chi connectivity index (χ3n) is 3.16. The lowest BCUT2D eigenvalue weighted by Gasteiger charge is -2.07. The van der Waals surface area contributed by atoms with Crippen LogP contribution in [0.4, 0.5) is 0 Å². The Morgan fingerprint density at radius 1 is 1.22 bits per heavy atom. The first-order valence-electron chi connectivity index (χ1n) is 6.99. The second-order valence-electron chi connectivity index (χ2n) is 4.82. The van der Waals surface area contributed by atoms with Crippen molar-refractivity contribution in [2.45, 2.75) is 13.1 Å². The molecule has 116 valence electrons. The van der Waals surface area contributed by atoms with Gasteiger partial charge in [0.2, 0.25) is 5.91 Å². The molecule has 0 aromatic carbocycles. The molecule has 0 aliphatic rings. The van der Waals surface area contributed by atoms with Crippen LogP contribution < -0.4 is 10.9 Å². The van der Waals surface area contributed by atoms with Crippen LogP contribution in [0.5, 0.6) is 0 Å². The summed E-state index contributed by atoms with van der Waals surface area (Å²) in [5, 5.41) is 2.71. The first-order chi connectivity index (χ1) is 11.2. The first-order valence-corrected chi connectivity index (χ1v) is 6.99. The number of carbonyl (C=O) groups is 1. The van der Waals surface area contributed by atoms with Gasteiger partial charge in [-0.05, 0) is 24.3 Å². The number of carbonyl (C=O) groups excluding carboxylic acids is 1. The maximum Gasteiger partial charge on any atom is 0.254 e. The Morgan fingerprint density at radius 2 is 2.13 bits per heavy atom. The molecule has 0 spiro atoms. The number of nitrogens with one attached hydrogen (secondary N) is 1. The number of amides is 1. The van der Waals surface area contributed by atoms with Crippen molar-refractivity contribution in [3.8, 4) is 11.5 Å². The second-order valence-corrected chi connectivity index (χ2v) is 4.82. The summed E-state index contributed by atoms with van der Waals surface area (Å²) in [5.74, 6) is 0.221. The van der Waals surface area contributed by atoms with Gasteiger partial charge in [-0.3, -0.25) is 19.1 Å². The van der Waals surface area contributed by atoms with Crippen LogP contribution in [-0.2, 0) is 17.9 Å². The van der Waals surface area contributed by atoms with E-state index in [-0.39, 0.29) is 18.0 Å². The van der Waals surface area contributed by atoms with Crippen molar-refractivity contribution in [3.05, 3.63) is 71.2 Å². The highest BCUT2D eigenvalue weighted by molar-refractivity contribution is 5.75. The minimum atomic E-state index is -0.320. The van der Waals surface area contributed by atoms with E-state index in [2.05, 4.69) is 15.3 Å². The molecule has 23 heavy (non-hydrogen) atoms. The largest absolute Gasteiger partial charge is 0.463 e. The van der Waals surface area contributed by atoms with Gasteiger partial charge in [-0.15, -0.1) is 0 Å². The van der Waals surface area contributed by atoms with E-state index >= 15 is 0 Å². The van der Waals surface area contributed by atoms with Gasteiger partial charge in [-0.1, -0.05) is 6.07 Å². The molecule has 0 atom stereocenters. The van der Waals surface area contributed by atoms with E-state index in [9.17, 15) is 9.59 Å². The normalized spacial score (nSPS) is 10.4. The van der Waals surface area contributed by atoms with Crippen LogP contribution in [-0.4, -0.2) is 20.4 Å². The first kappa shape index (κ1) is 14.7. The highest BCUT2D eigenvalue weighted by Crippen LogP contribution is 2.14. The topological polar surface area (TPSA) is 90.0 Å². The molecule has 7 nitrogen and oxygen atoms in total. The average Bonchev–Trinajstić information content (AvgIpc) is 3.10. The van der Waals surface area contributed by atoms with Crippen molar-refractivity contribution in [2.24, 2.45) is 0 Å². The molecule has 0 unspecified atom stereocenters. The Kier molecular flexibility index (Phi) is 4.28. The molecule has 3 aromatic heterocycles. The van der Waals surface area contributed by atoms with Gasteiger partial charge < -0.3 is 9.73 Å². The predicted octanol–water partition coefficient (Wildman–Crippen LogP) is 1.21. The number of nitrogens with zero attached hydrogens (tertiary/aromatic N) is 3. The molecule has 0 fully saturated rings. The van der Waals surface area contributed by atoms with E-state index in [1.165, 1.54) is 23.2 Å². The predicted molar refractivity (Wildman–Crippen MR) is 82.3 cm³/mol. The number of hydrogen-bond acceptors (Lipinski definition) is 5. The van der Waals surface area contributed by atoms with Gasteiger partial charge in [-0.2, -0.15) is 0 Å². The summed E-state index contributed by atoms with van der Waals surface area (Å²) in [6, 6.07) is 10.2. The molecule has 3 rings (SSSR count). The van der Waals surface area contributed by atoms with Gasteiger partial charge in [0.15, 0.2) is 5.76 Å². The fourth-order valence-electron chi connectivity index (χ4n) is 2.01. The fraction of sp³-hybridized carbons (Fsp3) is 0.125. The molecule has 0 bridgehead atoms. The van der Waals surface area contributed by atoms with Gasteiger partial charge in [0.05, 0.1) is 24.8 Å². The van der Waals surface area contributed by atoms with Gasteiger partial charge in [0, 0.05) is 12.3 Å². The molecule has 0 aliphatic heterocycles. The summed E-state index contributed by atoms with van der Waals surface area (Å²) in [4.78, 5) is 32.2. The molecule has 0 aliphatic carbocycles. The number of furan rings is 1. The Hall–Kier alpha value is -3.22. The molecular formula is C16H14N4O3. The van der Waals surface area contributed by atoms with E-state index in [4.69, 9.17) is 4.42 Å².